The molecule has 16 heavy (non-hydrogen) atoms. The quantitative estimate of drug-likeness (QED) is 0.524. The Morgan fingerprint density at radius 1 is 1.12 bits per heavy atom. The summed E-state index contributed by atoms with van der Waals surface area (Å²) in [7, 11) is 0. The number of aliphatic hydroxyl groups is 2. The van der Waals surface area contributed by atoms with Crippen LogP contribution in [0.3, 0.4) is 0 Å². The monoisotopic (exact) mass is 223 g/mol. The van der Waals surface area contributed by atoms with Gasteiger partial charge in [0.05, 0.1) is 5.54 Å². The number of hydrogen-bond donors (Lipinski definition) is 3. The van der Waals surface area contributed by atoms with Crippen molar-refractivity contribution in [1.82, 2.24) is 5.32 Å². The van der Waals surface area contributed by atoms with E-state index in [1.54, 1.807) is 38.1 Å². The second-order valence-electron chi connectivity index (χ2n) is 4.47. The highest BCUT2D eigenvalue weighted by Gasteiger charge is 2.34. The van der Waals surface area contributed by atoms with Gasteiger partial charge < -0.3 is 10.2 Å². The molecule has 0 bridgehead atoms. The van der Waals surface area contributed by atoms with Crippen LogP contribution in [0.4, 0.5) is 0 Å². The van der Waals surface area contributed by atoms with Crippen LogP contribution in [0.25, 0.3) is 0 Å². The number of carbonyl (C=O) groups excluding carboxylic acids is 1. The molecule has 4 nitrogen and oxygen atoms in total. The number of Topliss-reactive ketones (excluding diaryl/α,β-unsaturated/α-hetero) is 1. The van der Waals surface area contributed by atoms with Gasteiger partial charge in [0.2, 0.25) is 5.91 Å². The summed E-state index contributed by atoms with van der Waals surface area (Å²) < 4.78 is 0. The maximum Gasteiger partial charge on any atom is 0.220 e. The second kappa shape index (κ2) is 4.33. The summed E-state index contributed by atoms with van der Waals surface area (Å²) in [5.41, 5.74) is -0.510. The topological polar surface area (TPSA) is 69.6 Å². The molecular formula is C12H17NO3. The van der Waals surface area contributed by atoms with Crippen LogP contribution in [-0.4, -0.2) is 27.4 Å². The minimum absolute atomic E-state index is 0.192. The maximum absolute atomic E-state index is 12.1. The summed E-state index contributed by atoms with van der Waals surface area (Å²) in [4.78, 5) is 12.1. The fourth-order valence-corrected chi connectivity index (χ4v) is 1.60. The second-order valence-corrected chi connectivity index (χ2v) is 4.47. The molecule has 0 heterocycles. The third-order valence-corrected chi connectivity index (χ3v) is 2.15. The summed E-state index contributed by atoms with van der Waals surface area (Å²) >= 11 is 0. The zero-order valence-corrected chi connectivity index (χ0v) is 9.69. The Morgan fingerprint density at radius 2 is 1.62 bits per heavy atom. The molecule has 0 saturated heterocycles. The van der Waals surface area contributed by atoms with Crippen LogP contribution < -0.4 is 5.32 Å². The van der Waals surface area contributed by atoms with E-state index in [2.05, 4.69) is 5.32 Å². The average Bonchev–Trinajstić information content (AvgIpc) is 2.14. The van der Waals surface area contributed by atoms with E-state index in [1.807, 2.05) is 6.07 Å². The lowest BCUT2D eigenvalue weighted by Crippen LogP contribution is -2.57. The molecule has 0 radical (unpaired) electrons. The lowest BCUT2D eigenvalue weighted by atomic mass is 9.93. The normalized spacial score (nSPS) is 12.6. The van der Waals surface area contributed by atoms with Crippen molar-refractivity contribution in [2.75, 3.05) is 0 Å². The molecule has 0 aliphatic heterocycles. The molecule has 0 unspecified atom stereocenters. The van der Waals surface area contributed by atoms with Crippen molar-refractivity contribution in [2.45, 2.75) is 32.2 Å². The Morgan fingerprint density at radius 3 is 2.06 bits per heavy atom. The molecule has 4 heteroatoms. The van der Waals surface area contributed by atoms with Crippen molar-refractivity contribution in [3.05, 3.63) is 35.9 Å². The molecular weight excluding hydrogens is 206 g/mol. The highest BCUT2D eigenvalue weighted by Crippen LogP contribution is 2.15. The largest absolute Gasteiger partial charge is 0.354 e. The Hall–Kier alpha value is -1.23. The van der Waals surface area contributed by atoms with Crippen molar-refractivity contribution >= 4 is 5.78 Å². The van der Waals surface area contributed by atoms with Crippen LogP contribution in [0, 0.1) is 0 Å². The van der Waals surface area contributed by atoms with Crippen LogP contribution in [0.1, 0.15) is 31.1 Å². The van der Waals surface area contributed by atoms with Crippen LogP contribution in [0.2, 0.25) is 0 Å². The van der Waals surface area contributed by atoms with Crippen LogP contribution in [-0.2, 0) is 0 Å². The molecule has 3 N–H and O–H groups in total. The lowest BCUT2D eigenvalue weighted by Gasteiger charge is -2.31. The van der Waals surface area contributed by atoms with Gasteiger partial charge in [-0.3, -0.25) is 10.1 Å². The van der Waals surface area contributed by atoms with Gasteiger partial charge in [-0.2, -0.15) is 0 Å². The minimum Gasteiger partial charge on any atom is -0.354 e. The predicted molar refractivity (Wildman–Crippen MR) is 60.8 cm³/mol. The van der Waals surface area contributed by atoms with Gasteiger partial charge in [-0.15, -0.1) is 0 Å². The number of carbonyl (C=O) groups is 1. The molecule has 0 aliphatic carbocycles. The number of rotatable bonds is 4. The van der Waals surface area contributed by atoms with E-state index in [0.29, 0.717) is 5.56 Å². The smallest absolute Gasteiger partial charge is 0.220 e. The van der Waals surface area contributed by atoms with Gasteiger partial charge in [0.25, 0.3) is 0 Å². The number of ketones is 1. The van der Waals surface area contributed by atoms with Gasteiger partial charge in [-0.05, 0) is 13.8 Å². The Bertz CT molecular complexity index is 366. The fraction of sp³-hybridized carbons (Fsp3) is 0.417. The third-order valence-electron chi connectivity index (χ3n) is 2.15. The van der Waals surface area contributed by atoms with E-state index >= 15 is 0 Å². The molecule has 0 atom stereocenters. The number of hydrogen-bond acceptors (Lipinski definition) is 4. The van der Waals surface area contributed by atoms with E-state index in [9.17, 15) is 15.0 Å². The Balaban J connectivity index is 2.89. The van der Waals surface area contributed by atoms with Crippen molar-refractivity contribution in [1.29, 1.82) is 0 Å². The SMILES string of the molecule is CC(O)(O)NC(C)(C)C(=O)c1ccccc1. The average molecular weight is 223 g/mol. The minimum atomic E-state index is -2.08. The first-order chi connectivity index (χ1) is 7.22. The fourth-order valence-electron chi connectivity index (χ4n) is 1.60. The van der Waals surface area contributed by atoms with Crippen molar-refractivity contribution < 1.29 is 15.0 Å². The zero-order valence-electron chi connectivity index (χ0n) is 9.69. The summed E-state index contributed by atoms with van der Waals surface area (Å²) in [6.45, 7) is 4.38. The molecule has 1 aromatic carbocycles. The number of benzene rings is 1. The predicted octanol–water partition coefficient (Wildman–Crippen LogP) is 0.896. The van der Waals surface area contributed by atoms with Gasteiger partial charge >= 0.3 is 0 Å². The molecule has 0 amide bonds. The summed E-state index contributed by atoms with van der Waals surface area (Å²) in [6.07, 6.45) is 0. The van der Waals surface area contributed by atoms with Gasteiger partial charge in [0.1, 0.15) is 0 Å². The van der Waals surface area contributed by atoms with Crippen molar-refractivity contribution in [3.8, 4) is 0 Å². The van der Waals surface area contributed by atoms with Crippen LogP contribution in [0.15, 0.2) is 30.3 Å². The highest BCUT2D eigenvalue weighted by atomic mass is 16.5. The van der Waals surface area contributed by atoms with Crippen LogP contribution >= 0.6 is 0 Å². The molecule has 0 aliphatic rings. The standard InChI is InChI=1S/C12H17NO3/c1-11(2,13-12(3,15)16)10(14)9-7-5-4-6-8-9/h4-8,13,15-16H,1-3H3. The van der Waals surface area contributed by atoms with E-state index in [4.69, 9.17) is 0 Å². The van der Waals surface area contributed by atoms with Crippen molar-refractivity contribution in [3.63, 3.8) is 0 Å². The Labute approximate surface area is 94.9 Å². The molecule has 1 aromatic rings. The molecule has 88 valence electrons. The highest BCUT2D eigenvalue weighted by molar-refractivity contribution is 6.02. The molecule has 0 fully saturated rings. The van der Waals surface area contributed by atoms with E-state index in [-0.39, 0.29) is 5.78 Å². The van der Waals surface area contributed by atoms with Gasteiger partial charge in [-0.1, -0.05) is 30.3 Å². The first-order valence-electron chi connectivity index (χ1n) is 5.06. The Kier molecular flexibility index (Phi) is 3.48. The van der Waals surface area contributed by atoms with E-state index < -0.39 is 11.4 Å². The van der Waals surface area contributed by atoms with E-state index in [0.717, 1.165) is 0 Å². The maximum atomic E-state index is 12.1. The van der Waals surface area contributed by atoms with Gasteiger partial charge in [0, 0.05) is 12.5 Å². The van der Waals surface area contributed by atoms with E-state index in [1.165, 1.54) is 6.92 Å². The van der Waals surface area contributed by atoms with Crippen molar-refractivity contribution in [2.24, 2.45) is 0 Å². The number of nitrogens with one attached hydrogen (secondary N) is 1. The molecule has 0 saturated carbocycles. The molecule has 0 aromatic heterocycles. The molecule has 0 spiro atoms. The summed E-state index contributed by atoms with van der Waals surface area (Å²) in [6, 6.07) is 8.73. The first kappa shape index (κ1) is 12.8. The first-order valence-corrected chi connectivity index (χ1v) is 5.06. The molecule has 1 rings (SSSR count). The third kappa shape index (κ3) is 3.41. The zero-order chi connectivity index (χ0) is 12.4. The lowest BCUT2D eigenvalue weighted by molar-refractivity contribution is -0.179. The summed E-state index contributed by atoms with van der Waals surface area (Å²) in [5, 5.41) is 20.9. The van der Waals surface area contributed by atoms with Crippen LogP contribution in [0.5, 0.6) is 0 Å². The van der Waals surface area contributed by atoms with Gasteiger partial charge in [0.15, 0.2) is 5.78 Å². The van der Waals surface area contributed by atoms with Gasteiger partial charge in [-0.25, -0.2) is 0 Å². The summed E-state index contributed by atoms with van der Waals surface area (Å²) in [5.74, 6) is -2.27.